The van der Waals surface area contributed by atoms with Crippen LogP contribution < -0.4 is 10.6 Å². The predicted molar refractivity (Wildman–Crippen MR) is 86.9 cm³/mol. The fourth-order valence-electron chi connectivity index (χ4n) is 3.06. The number of amides is 3. The van der Waals surface area contributed by atoms with Gasteiger partial charge in [0.1, 0.15) is 24.0 Å². The Bertz CT molecular complexity index is 871. The molecule has 0 bridgehead atoms. The Morgan fingerprint density at radius 1 is 1.36 bits per heavy atom. The van der Waals surface area contributed by atoms with Crippen molar-refractivity contribution in [2.45, 2.75) is 19.0 Å². The minimum absolute atomic E-state index is 0.0283. The van der Waals surface area contributed by atoms with Crippen molar-refractivity contribution in [3.05, 3.63) is 29.6 Å². The van der Waals surface area contributed by atoms with Crippen LogP contribution in [0.25, 0.3) is 11.0 Å². The largest absolute Gasteiger partial charge is 0.447 e. The van der Waals surface area contributed by atoms with Gasteiger partial charge in [-0.3, -0.25) is 9.59 Å². The van der Waals surface area contributed by atoms with Crippen molar-refractivity contribution in [1.29, 1.82) is 0 Å². The zero-order valence-corrected chi connectivity index (χ0v) is 13.5. The minimum atomic E-state index is -0.668. The summed E-state index contributed by atoms with van der Waals surface area (Å²) in [6, 6.07) is 4.65. The number of H-pyrrole nitrogens is 1. The number of ether oxygens (including phenoxy) is 1. The Morgan fingerprint density at radius 2 is 2.16 bits per heavy atom. The number of hydrogen-bond donors (Lipinski definition) is 3. The third-order valence-corrected chi connectivity index (χ3v) is 4.37. The minimum Gasteiger partial charge on any atom is -0.447 e. The molecule has 3 heterocycles. The molecule has 3 amide bonds. The zero-order valence-electron chi connectivity index (χ0n) is 13.5. The van der Waals surface area contributed by atoms with Crippen LogP contribution in [-0.4, -0.2) is 64.6 Å². The number of carbonyl (C=O) groups is 3. The summed E-state index contributed by atoms with van der Waals surface area (Å²) in [5.41, 5.74) is 2.03. The van der Waals surface area contributed by atoms with Crippen molar-refractivity contribution >= 4 is 28.9 Å². The monoisotopic (exact) mass is 343 g/mol. The number of hydrogen-bond acceptors (Lipinski definition) is 5. The van der Waals surface area contributed by atoms with E-state index in [1.807, 2.05) is 19.1 Å². The second-order valence-corrected chi connectivity index (χ2v) is 6.23. The maximum absolute atomic E-state index is 12.7. The van der Waals surface area contributed by atoms with Crippen LogP contribution >= 0.6 is 0 Å². The van der Waals surface area contributed by atoms with Crippen LogP contribution in [0.2, 0.25) is 0 Å². The molecule has 1 atom stereocenters. The first-order valence-corrected chi connectivity index (χ1v) is 7.99. The first kappa shape index (κ1) is 15.4. The van der Waals surface area contributed by atoms with Gasteiger partial charge in [-0.2, -0.15) is 0 Å². The first-order chi connectivity index (χ1) is 12.0. The molecule has 0 spiro atoms. The van der Waals surface area contributed by atoms with Gasteiger partial charge < -0.3 is 25.3 Å². The molecule has 2 fully saturated rings. The van der Waals surface area contributed by atoms with Gasteiger partial charge in [-0.15, -0.1) is 0 Å². The van der Waals surface area contributed by atoms with Crippen LogP contribution in [0.1, 0.15) is 16.2 Å². The van der Waals surface area contributed by atoms with Crippen molar-refractivity contribution in [3.8, 4) is 0 Å². The van der Waals surface area contributed by atoms with E-state index in [0.717, 1.165) is 11.3 Å². The molecule has 2 aromatic rings. The number of cyclic esters (lactones) is 1. The number of rotatable bonds is 3. The molecule has 9 heteroatoms. The van der Waals surface area contributed by atoms with Crippen molar-refractivity contribution in [1.82, 2.24) is 25.5 Å². The normalized spacial score (nSPS) is 20.1. The lowest BCUT2D eigenvalue weighted by atomic mass is 10.1. The standard InChI is InChI=1S/C16H17N5O4/c1-8-17-11-4-2-3-10(13(11)18-8)15(23)21-5-9(6-21)19-14(22)12-7-25-16(24)20-12/h2-4,9,12H,5-7H2,1H3,(H,17,18)(H,19,22)(H,20,24)/t12-/m0/s1. The molecule has 25 heavy (non-hydrogen) atoms. The third kappa shape index (κ3) is 2.77. The SMILES string of the molecule is Cc1nc2c(C(=O)N3CC(NC(=O)[C@@H]4COC(=O)N4)C3)cccc2[nH]1. The van der Waals surface area contributed by atoms with Crippen molar-refractivity contribution in [2.75, 3.05) is 19.7 Å². The number of benzene rings is 1. The van der Waals surface area contributed by atoms with Gasteiger partial charge in [0, 0.05) is 13.1 Å². The summed E-state index contributed by atoms with van der Waals surface area (Å²) in [6.07, 6.45) is -0.590. The molecule has 0 aliphatic carbocycles. The van der Waals surface area contributed by atoms with Gasteiger partial charge >= 0.3 is 6.09 Å². The Hall–Kier alpha value is -3.10. The second kappa shape index (κ2) is 5.76. The average molecular weight is 343 g/mol. The van der Waals surface area contributed by atoms with Gasteiger partial charge in [-0.1, -0.05) is 6.07 Å². The van der Waals surface area contributed by atoms with Gasteiger partial charge in [-0.25, -0.2) is 9.78 Å². The Kier molecular flexibility index (Phi) is 3.56. The second-order valence-electron chi connectivity index (χ2n) is 6.23. The summed E-state index contributed by atoms with van der Waals surface area (Å²) in [7, 11) is 0. The van der Waals surface area contributed by atoms with Crippen LogP contribution in [0.4, 0.5) is 4.79 Å². The number of para-hydroxylation sites is 1. The van der Waals surface area contributed by atoms with Crippen molar-refractivity contribution < 1.29 is 19.1 Å². The lowest BCUT2D eigenvalue weighted by Gasteiger charge is -2.39. The Balaban J connectivity index is 1.37. The first-order valence-electron chi connectivity index (χ1n) is 7.99. The van der Waals surface area contributed by atoms with Crippen molar-refractivity contribution in [3.63, 3.8) is 0 Å². The molecular formula is C16H17N5O4. The molecule has 1 aromatic carbocycles. The quantitative estimate of drug-likeness (QED) is 0.721. The number of aryl methyl sites for hydroxylation is 1. The van der Waals surface area contributed by atoms with E-state index in [-0.39, 0.29) is 24.5 Å². The molecule has 0 radical (unpaired) electrons. The summed E-state index contributed by atoms with van der Waals surface area (Å²) in [5.74, 6) is 0.345. The van der Waals surface area contributed by atoms with E-state index in [2.05, 4.69) is 20.6 Å². The maximum Gasteiger partial charge on any atom is 0.407 e. The van der Waals surface area contributed by atoms with Gasteiger partial charge in [0.15, 0.2) is 0 Å². The van der Waals surface area contributed by atoms with Crippen LogP contribution in [-0.2, 0) is 9.53 Å². The molecule has 0 saturated carbocycles. The molecule has 1 aromatic heterocycles. The topological polar surface area (TPSA) is 116 Å². The number of likely N-dealkylation sites (tertiary alicyclic amines) is 1. The molecule has 2 aliphatic heterocycles. The zero-order chi connectivity index (χ0) is 17.6. The summed E-state index contributed by atoms with van der Waals surface area (Å²) >= 11 is 0. The van der Waals surface area contributed by atoms with Crippen LogP contribution in [0.15, 0.2) is 18.2 Å². The summed E-state index contributed by atoms with van der Waals surface area (Å²) in [4.78, 5) is 44.8. The number of carbonyl (C=O) groups excluding carboxylic acids is 3. The summed E-state index contributed by atoms with van der Waals surface area (Å²) in [6.45, 7) is 2.72. The molecule has 2 aliphatic rings. The van der Waals surface area contributed by atoms with Gasteiger partial charge in [0.05, 0.1) is 17.1 Å². The molecular weight excluding hydrogens is 326 g/mol. The molecule has 9 nitrogen and oxygen atoms in total. The highest BCUT2D eigenvalue weighted by molar-refractivity contribution is 6.05. The third-order valence-electron chi connectivity index (χ3n) is 4.37. The average Bonchev–Trinajstić information content (AvgIpc) is 3.13. The molecule has 3 N–H and O–H groups in total. The molecule has 4 rings (SSSR count). The number of nitrogens with one attached hydrogen (secondary N) is 3. The number of alkyl carbamates (subject to hydrolysis) is 1. The predicted octanol–water partition coefficient (Wildman–Crippen LogP) is -0.0797. The maximum atomic E-state index is 12.7. The van der Waals surface area contributed by atoms with Crippen LogP contribution in [0.5, 0.6) is 0 Å². The lowest BCUT2D eigenvalue weighted by Crippen LogP contribution is -2.62. The smallest absolute Gasteiger partial charge is 0.407 e. The van der Waals surface area contributed by atoms with E-state index in [1.54, 1.807) is 11.0 Å². The van der Waals surface area contributed by atoms with E-state index in [1.165, 1.54) is 0 Å². The highest BCUT2D eigenvalue weighted by atomic mass is 16.6. The Morgan fingerprint density at radius 3 is 2.88 bits per heavy atom. The fraction of sp³-hybridized carbons (Fsp3) is 0.375. The summed E-state index contributed by atoms with van der Waals surface area (Å²) in [5, 5.41) is 5.23. The van der Waals surface area contributed by atoms with E-state index >= 15 is 0 Å². The van der Waals surface area contributed by atoms with E-state index in [9.17, 15) is 14.4 Å². The lowest BCUT2D eigenvalue weighted by molar-refractivity contribution is -0.124. The fourth-order valence-corrected chi connectivity index (χ4v) is 3.06. The van der Waals surface area contributed by atoms with Gasteiger partial charge in [-0.05, 0) is 19.1 Å². The number of fused-ring (bicyclic) bond motifs is 1. The molecule has 0 unspecified atom stereocenters. The van der Waals surface area contributed by atoms with Gasteiger partial charge in [0.25, 0.3) is 5.91 Å². The van der Waals surface area contributed by atoms with Crippen LogP contribution in [0.3, 0.4) is 0 Å². The highest BCUT2D eigenvalue weighted by Gasteiger charge is 2.36. The summed E-state index contributed by atoms with van der Waals surface area (Å²) < 4.78 is 4.69. The number of imidazole rings is 1. The number of aromatic nitrogens is 2. The Labute approximate surface area is 142 Å². The van der Waals surface area contributed by atoms with E-state index in [4.69, 9.17) is 4.74 Å². The van der Waals surface area contributed by atoms with Crippen LogP contribution in [0, 0.1) is 6.92 Å². The molecule has 130 valence electrons. The number of aromatic amines is 1. The number of nitrogens with zero attached hydrogens (tertiary/aromatic N) is 2. The molecule has 2 saturated heterocycles. The van der Waals surface area contributed by atoms with E-state index < -0.39 is 12.1 Å². The van der Waals surface area contributed by atoms with Gasteiger partial charge in [0.2, 0.25) is 5.91 Å². The highest BCUT2D eigenvalue weighted by Crippen LogP contribution is 2.21. The van der Waals surface area contributed by atoms with Crippen molar-refractivity contribution in [2.24, 2.45) is 0 Å². The van der Waals surface area contributed by atoms with E-state index in [0.29, 0.717) is 24.2 Å².